The minimum atomic E-state index is -1.05. The third-order valence-electron chi connectivity index (χ3n) is 1.38. The monoisotopic (exact) mass is 261 g/mol. The number of hydrogen-bond donors (Lipinski definition) is 1. The second kappa shape index (κ2) is 4.80. The van der Waals surface area contributed by atoms with Crippen LogP contribution < -0.4 is 9.47 Å². The second-order valence-corrected chi connectivity index (χ2v) is 3.19. The molecule has 0 saturated carbocycles. The summed E-state index contributed by atoms with van der Waals surface area (Å²) in [5.74, 6) is -0.318. The number of carbonyl (C=O) groups is 1. The van der Waals surface area contributed by atoms with E-state index in [9.17, 15) is 4.79 Å². The van der Waals surface area contributed by atoms with Gasteiger partial charge in [0.1, 0.15) is 0 Å². The molecule has 1 aromatic heterocycles. The van der Waals surface area contributed by atoms with Gasteiger partial charge in [0, 0.05) is 6.20 Å². The average molecular weight is 262 g/mol. The van der Waals surface area contributed by atoms with Crippen molar-refractivity contribution in [1.82, 2.24) is 4.98 Å². The molecule has 0 aromatic carbocycles. The summed E-state index contributed by atoms with van der Waals surface area (Å²) >= 11 is 3.18. The Morgan fingerprint density at radius 3 is 2.93 bits per heavy atom. The van der Waals surface area contributed by atoms with E-state index in [2.05, 4.69) is 20.9 Å². The first-order chi connectivity index (χ1) is 6.65. The van der Waals surface area contributed by atoms with Gasteiger partial charge < -0.3 is 14.6 Å². The molecule has 1 heterocycles. The normalized spacial score (nSPS) is 9.57. The number of methoxy groups -OCH3 is 1. The smallest absolute Gasteiger partial charge is 0.341 e. The molecule has 0 atom stereocenters. The van der Waals surface area contributed by atoms with E-state index in [4.69, 9.17) is 14.6 Å². The molecule has 1 rings (SSSR count). The zero-order valence-electron chi connectivity index (χ0n) is 7.36. The summed E-state index contributed by atoms with van der Waals surface area (Å²) in [6, 6.07) is 0. The maximum atomic E-state index is 10.3. The standard InChI is InChI=1S/C8H8BrNO4/c1-13-6-3-10-2-5(9)8(6)14-4-7(11)12/h2-3H,4H2,1H3,(H,11,12). The van der Waals surface area contributed by atoms with Crippen LogP contribution in [0.5, 0.6) is 11.5 Å². The van der Waals surface area contributed by atoms with E-state index in [0.717, 1.165) is 0 Å². The summed E-state index contributed by atoms with van der Waals surface area (Å²) in [6.45, 7) is -0.418. The van der Waals surface area contributed by atoms with Crippen LogP contribution in [-0.2, 0) is 4.79 Å². The van der Waals surface area contributed by atoms with Crippen molar-refractivity contribution >= 4 is 21.9 Å². The van der Waals surface area contributed by atoms with Gasteiger partial charge in [-0.15, -0.1) is 0 Å². The van der Waals surface area contributed by atoms with Gasteiger partial charge in [-0.2, -0.15) is 0 Å². The van der Waals surface area contributed by atoms with E-state index in [0.29, 0.717) is 16.0 Å². The average Bonchev–Trinajstić information content (AvgIpc) is 2.15. The predicted molar refractivity (Wildman–Crippen MR) is 51.6 cm³/mol. The summed E-state index contributed by atoms with van der Waals surface area (Å²) in [7, 11) is 1.46. The minimum Gasteiger partial charge on any atom is -0.491 e. The lowest BCUT2D eigenvalue weighted by atomic mass is 10.4. The Hall–Kier alpha value is -1.30. The molecule has 0 fully saturated rings. The van der Waals surface area contributed by atoms with Crippen molar-refractivity contribution < 1.29 is 19.4 Å². The fourth-order valence-corrected chi connectivity index (χ4v) is 1.25. The number of ether oxygens (including phenoxy) is 2. The van der Waals surface area contributed by atoms with Crippen molar-refractivity contribution in [3.05, 3.63) is 16.9 Å². The number of aliphatic carboxylic acids is 1. The molecule has 1 aromatic rings. The summed E-state index contributed by atoms with van der Waals surface area (Å²) in [5.41, 5.74) is 0. The van der Waals surface area contributed by atoms with Crippen molar-refractivity contribution in [2.24, 2.45) is 0 Å². The number of halogens is 1. The molecule has 0 bridgehead atoms. The van der Waals surface area contributed by atoms with Crippen LogP contribution in [0.3, 0.4) is 0 Å². The maximum absolute atomic E-state index is 10.3. The zero-order valence-corrected chi connectivity index (χ0v) is 8.94. The van der Waals surface area contributed by atoms with Gasteiger partial charge in [0.2, 0.25) is 0 Å². The van der Waals surface area contributed by atoms with Crippen LogP contribution in [0.4, 0.5) is 0 Å². The molecule has 76 valence electrons. The van der Waals surface area contributed by atoms with Crippen LogP contribution in [0.25, 0.3) is 0 Å². The molecule has 0 aliphatic rings. The fourth-order valence-electron chi connectivity index (χ4n) is 0.825. The Morgan fingerprint density at radius 1 is 1.64 bits per heavy atom. The van der Waals surface area contributed by atoms with Crippen LogP contribution in [0.15, 0.2) is 16.9 Å². The Morgan fingerprint density at radius 2 is 2.36 bits per heavy atom. The van der Waals surface area contributed by atoms with Gasteiger partial charge in [-0.25, -0.2) is 4.79 Å². The first-order valence-corrected chi connectivity index (χ1v) is 4.46. The molecule has 0 saturated heterocycles. The Kier molecular flexibility index (Phi) is 3.70. The second-order valence-electron chi connectivity index (χ2n) is 2.34. The lowest BCUT2D eigenvalue weighted by Gasteiger charge is -2.09. The topological polar surface area (TPSA) is 68.7 Å². The van der Waals surface area contributed by atoms with Crippen molar-refractivity contribution in [3.63, 3.8) is 0 Å². The minimum absolute atomic E-state index is 0.338. The van der Waals surface area contributed by atoms with E-state index < -0.39 is 12.6 Å². The quantitative estimate of drug-likeness (QED) is 0.886. The third-order valence-corrected chi connectivity index (χ3v) is 1.95. The first-order valence-electron chi connectivity index (χ1n) is 3.67. The molecule has 0 amide bonds. The van der Waals surface area contributed by atoms with Crippen LogP contribution in [-0.4, -0.2) is 29.8 Å². The Labute approximate surface area is 88.8 Å². The van der Waals surface area contributed by atoms with Gasteiger partial charge in [0.05, 0.1) is 17.8 Å². The molecule has 1 N–H and O–H groups in total. The predicted octanol–water partition coefficient (Wildman–Crippen LogP) is 1.32. The van der Waals surface area contributed by atoms with Gasteiger partial charge in [-0.1, -0.05) is 0 Å². The molecule has 0 spiro atoms. The van der Waals surface area contributed by atoms with Gasteiger partial charge in [-0.05, 0) is 15.9 Å². The van der Waals surface area contributed by atoms with Crippen molar-refractivity contribution in [2.75, 3.05) is 13.7 Å². The summed E-state index contributed by atoms with van der Waals surface area (Å²) in [6.07, 6.45) is 2.95. The van der Waals surface area contributed by atoms with Crippen molar-refractivity contribution in [3.8, 4) is 11.5 Å². The van der Waals surface area contributed by atoms with Gasteiger partial charge >= 0.3 is 5.97 Å². The van der Waals surface area contributed by atoms with E-state index in [-0.39, 0.29) is 0 Å². The highest BCUT2D eigenvalue weighted by atomic mass is 79.9. The van der Waals surface area contributed by atoms with Crippen molar-refractivity contribution in [1.29, 1.82) is 0 Å². The molecule has 0 radical (unpaired) electrons. The highest BCUT2D eigenvalue weighted by Gasteiger charge is 2.10. The summed E-state index contributed by atoms with van der Waals surface area (Å²) in [5, 5.41) is 8.43. The van der Waals surface area contributed by atoms with Gasteiger partial charge in [0.25, 0.3) is 0 Å². The highest BCUT2D eigenvalue weighted by Crippen LogP contribution is 2.33. The summed E-state index contributed by atoms with van der Waals surface area (Å²) < 4.78 is 10.5. The molecule has 0 aliphatic carbocycles. The molecule has 0 aliphatic heterocycles. The molecule has 14 heavy (non-hydrogen) atoms. The SMILES string of the molecule is COc1cncc(Br)c1OCC(=O)O. The molecular weight excluding hydrogens is 254 g/mol. The Bertz CT molecular complexity index is 342. The number of aromatic nitrogens is 1. The number of nitrogens with zero attached hydrogens (tertiary/aromatic N) is 1. The zero-order chi connectivity index (χ0) is 10.6. The summed E-state index contributed by atoms with van der Waals surface area (Å²) in [4.78, 5) is 14.1. The van der Waals surface area contributed by atoms with Crippen LogP contribution in [0.2, 0.25) is 0 Å². The van der Waals surface area contributed by atoms with E-state index in [1.54, 1.807) is 0 Å². The number of pyridine rings is 1. The fraction of sp³-hybridized carbons (Fsp3) is 0.250. The lowest BCUT2D eigenvalue weighted by Crippen LogP contribution is -2.10. The highest BCUT2D eigenvalue weighted by molar-refractivity contribution is 9.10. The van der Waals surface area contributed by atoms with E-state index in [1.807, 2.05) is 0 Å². The van der Waals surface area contributed by atoms with Crippen molar-refractivity contribution in [2.45, 2.75) is 0 Å². The largest absolute Gasteiger partial charge is 0.491 e. The third kappa shape index (κ3) is 2.59. The lowest BCUT2D eigenvalue weighted by molar-refractivity contribution is -0.139. The van der Waals surface area contributed by atoms with Crippen LogP contribution >= 0.6 is 15.9 Å². The number of rotatable bonds is 4. The number of hydrogen-bond acceptors (Lipinski definition) is 4. The first kappa shape index (κ1) is 10.8. The maximum Gasteiger partial charge on any atom is 0.341 e. The number of carboxylic acid groups (broad SMARTS) is 1. The molecule has 6 heteroatoms. The molecular formula is C8H8BrNO4. The van der Waals surface area contributed by atoms with Gasteiger partial charge in [-0.3, -0.25) is 4.98 Å². The van der Waals surface area contributed by atoms with Crippen LogP contribution in [0.1, 0.15) is 0 Å². The van der Waals surface area contributed by atoms with E-state index in [1.165, 1.54) is 19.5 Å². The molecule has 0 unspecified atom stereocenters. The van der Waals surface area contributed by atoms with Crippen LogP contribution in [0, 0.1) is 0 Å². The van der Waals surface area contributed by atoms with Gasteiger partial charge in [0.15, 0.2) is 18.1 Å². The number of carboxylic acids is 1. The Balaban J connectivity index is 2.87. The molecule has 5 nitrogen and oxygen atoms in total. The van der Waals surface area contributed by atoms with E-state index >= 15 is 0 Å².